The Kier molecular flexibility index (Phi) is 5.54. The highest BCUT2D eigenvalue weighted by Crippen LogP contribution is 2.38. The summed E-state index contributed by atoms with van der Waals surface area (Å²) in [6.07, 6.45) is 1.44. The average Bonchev–Trinajstić information content (AvgIpc) is 3.16. The molecule has 0 aliphatic rings. The fourth-order valence-corrected chi connectivity index (χ4v) is 3.36. The molecule has 0 aliphatic heterocycles. The molecule has 5 nitrogen and oxygen atoms in total. The molecule has 3 aromatic rings. The Hall–Kier alpha value is -2.44. The van der Waals surface area contributed by atoms with Gasteiger partial charge in [-0.05, 0) is 17.7 Å². The van der Waals surface area contributed by atoms with E-state index >= 15 is 0 Å². The van der Waals surface area contributed by atoms with Gasteiger partial charge in [0.15, 0.2) is 5.60 Å². The Balaban J connectivity index is 1.90. The summed E-state index contributed by atoms with van der Waals surface area (Å²) in [5, 5.41) is 11.1. The maximum Gasteiger partial charge on any atom is 0.339 e. The number of rotatable bonds is 6. The van der Waals surface area contributed by atoms with Crippen LogP contribution in [0.15, 0.2) is 71.3 Å². The van der Waals surface area contributed by atoms with Crippen LogP contribution in [0.3, 0.4) is 0 Å². The highest BCUT2D eigenvalue weighted by atomic mass is 79.9. The summed E-state index contributed by atoms with van der Waals surface area (Å²) >= 11 is 3.45. The molecule has 0 radical (unpaired) electrons. The summed E-state index contributed by atoms with van der Waals surface area (Å²) in [7, 11) is 1.24. The van der Waals surface area contributed by atoms with Crippen molar-refractivity contribution in [3.63, 3.8) is 0 Å². The SMILES string of the molecule is COC(=O)C(O)(Cc1cnc(-c2ccccc2)o1)C(Br)c1ccccc1. The number of carbonyl (C=O) groups is 1. The first-order valence-corrected chi connectivity index (χ1v) is 8.96. The van der Waals surface area contributed by atoms with E-state index in [1.54, 1.807) is 0 Å². The third kappa shape index (κ3) is 3.71. The molecule has 0 amide bonds. The first kappa shape index (κ1) is 18.4. The highest BCUT2D eigenvalue weighted by Gasteiger charge is 2.46. The van der Waals surface area contributed by atoms with Crippen molar-refractivity contribution in [2.75, 3.05) is 7.11 Å². The topological polar surface area (TPSA) is 72.6 Å². The quantitative estimate of drug-likeness (QED) is 0.487. The fraction of sp³-hybridized carbons (Fsp3) is 0.200. The minimum atomic E-state index is -1.84. The third-order valence-electron chi connectivity index (χ3n) is 4.07. The molecule has 0 bridgehead atoms. The van der Waals surface area contributed by atoms with Crippen molar-refractivity contribution in [2.45, 2.75) is 16.8 Å². The van der Waals surface area contributed by atoms with Crippen LogP contribution in [0.1, 0.15) is 16.2 Å². The Labute approximate surface area is 159 Å². The lowest BCUT2D eigenvalue weighted by atomic mass is 9.90. The number of aliphatic hydroxyl groups is 1. The van der Waals surface area contributed by atoms with Gasteiger partial charge in [-0.15, -0.1) is 0 Å². The van der Waals surface area contributed by atoms with Gasteiger partial charge in [-0.25, -0.2) is 9.78 Å². The molecule has 0 saturated heterocycles. The molecule has 0 spiro atoms. The summed E-state index contributed by atoms with van der Waals surface area (Å²) < 4.78 is 10.6. The van der Waals surface area contributed by atoms with Crippen molar-refractivity contribution in [3.05, 3.63) is 78.2 Å². The van der Waals surface area contributed by atoms with E-state index in [1.807, 2.05) is 60.7 Å². The van der Waals surface area contributed by atoms with Gasteiger partial charge in [-0.3, -0.25) is 0 Å². The number of benzene rings is 2. The number of carbonyl (C=O) groups excluding carboxylic acids is 1. The minimum absolute atomic E-state index is 0.0790. The maximum atomic E-state index is 12.4. The molecule has 2 unspecified atom stereocenters. The number of hydrogen-bond acceptors (Lipinski definition) is 5. The van der Waals surface area contributed by atoms with Crippen LogP contribution in [-0.4, -0.2) is 28.8 Å². The number of hydrogen-bond donors (Lipinski definition) is 1. The number of ether oxygens (including phenoxy) is 1. The highest BCUT2D eigenvalue weighted by molar-refractivity contribution is 9.09. The Morgan fingerprint density at radius 3 is 2.42 bits per heavy atom. The van der Waals surface area contributed by atoms with Crippen LogP contribution >= 0.6 is 15.9 Å². The number of esters is 1. The largest absolute Gasteiger partial charge is 0.467 e. The van der Waals surface area contributed by atoms with Crippen molar-refractivity contribution in [3.8, 4) is 11.5 Å². The summed E-state index contributed by atoms with van der Waals surface area (Å²) in [5.41, 5.74) is -0.272. The van der Waals surface area contributed by atoms with Crippen LogP contribution in [-0.2, 0) is 16.0 Å². The van der Waals surface area contributed by atoms with Crippen LogP contribution in [0.4, 0.5) is 0 Å². The van der Waals surface area contributed by atoms with E-state index in [0.29, 0.717) is 11.7 Å². The Bertz CT molecular complexity index is 866. The zero-order valence-corrected chi connectivity index (χ0v) is 15.7. The third-order valence-corrected chi connectivity index (χ3v) is 5.35. The second kappa shape index (κ2) is 7.85. The minimum Gasteiger partial charge on any atom is -0.467 e. The molecule has 2 aromatic carbocycles. The van der Waals surface area contributed by atoms with Gasteiger partial charge in [0.25, 0.3) is 0 Å². The molecule has 1 N–H and O–H groups in total. The number of halogens is 1. The van der Waals surface area contributed by atoms with Gasteiger partial charge in [0.2, 0.25) is 5.89 Å². The normalized spacial score (nSPS) is 14.4. The fourth-order valence-electron chi connectivity index (χ4n) is 2.71. The van der Waals surface area contributed by atoms with Gasteiger partial charge in [0.1, 0.15) is 5.76 Å². The van der Waals surface area contributed by atoms with Gasteiger partial charge in [0.05, 0.1) is 18.1 Å². The van der Waals surface area contributed by atoms with Crippen molar-refractivity contribution in [1.82, 2.24) is 4.98 Å². The monoisotopic (exact) mass is 415 g/mol. The van der Waals surface area contributed by atoms with Gasteiger partial charge in [-0.1, -0.05) is 64.5 Å². The van der Waals surface area contributed by atoms with Crippen molar-refractivity contribution in [2.24, 2.45) is 0 Å². The number of methoxy groups -OCH3 is 1. The summed E-state index contributed by atoms with van der Waals surface area (Å²) in [6, 6.07) is 18.6. The van der Waals surface area contributed by atoms with E-state index in [9.17, 15) is 9.90 Å². The molecule has 6 heteroatoms. The van der Waals surface area contributed by atoms with E-state index in [1.165, 1.54) is 13.3 Å². The predicted molar refractivity (Wildman–Crippen MR) is 101 cm³/mol. The molecule has 0 saturated carbocycles. The molecule has 0 aliphatic carbocycles. The first-order valence-electron chi connectivity index (χ1n) is 8.04. The van der Waals surface area contributed by atoms with Crippen molar-refractivity contribution in [1.29, 1.82) is 0 Å². The lowest BCUT2D eigenvalue weighted by Gasteiger charge is -2.29. The molecular formula is C20H18BrNO4. The number of oxazole rings is 1. The predicted octanol–water partition coefficient (Wildman–Crippen LogP) is 3.92. The molecule has 134 valence electrons. The van der Waals surface area contributed by atoms with Gasteiger partial charge >= 0.3 is 5.97 Å². The van der Waals surface area contributed by atoms with Crippen LogP contribution < -0.4 is 0 Å². The van der Waals surface area contributed by atoms with Crippen LogP contribution in [0, 0.1) is 0 Å². The zero-order chi connectivity index (χ0) is 18.6. The summed E-state index contributed by atoms with van der Waals surface area (Å²) in [6.45, 7) is 0. The lowest BCUT2D eigenvalue weighted by molar-refractivity contribution is -0.162. The second-order valence-corrected chi connectivity index (χ2v) is 6.78. The summed E-state index contributed by atoms with van der Waals surface area (Å²) in [4.78, 5) is 15.9. The number of nitrogens with zero attached hydrogens (tertiary/aromatic N) is 1. The number of alkyl halides is 1. The van der Waals surface area contributed by atoms with Crippen molar-refractivity contribution < 1.29 is 19.1 Å². The van der Waals surface area contributed by atoms with Gasteiger partial charge < -0.3 is 14.3 Å². The molecule has 2 atom stereocenters. The molecule has 0 fully saturated rings. The van der Waals surface area contributed by atoms with E-state index in [2.05, 4.69) is 20.9 Å². The van der Waals surface area contributed by atoms with Gasteiger partial charge in [-0.2, -0.15) is 0 Å². The summed E-state index contributed by atoms with van der Waals surface area (Å²) in [5.74, 6) is 0.0664. The zero-order valence-electron chi connectivity index (χ0n) is 14.1. The molecule has 1 heterocycles. The smallest absolute Gasteiger partial charge is 0.339 e. The molecular weight excluding hydrogens is 398 g/mol. The average molecular weight is 416 g/mol. The maximum absolute atomic E-state index is 12.4. The molecule has 3 rings (SSSR count). The Morgan fingerprint density at radius 2 is 1.81 bits per heavy atom. The number of aromatic nitrogens is 1. The van der Waals surface area contributed by atoms with E-state index in [4.69, 9.17) is 9.15 Å². The lowest BCUT2D eigenvalue weighted by Crippen LogP contribution is -2.45. The van der Waals surface area contributed by atoms with Crippen LogP contribution in [0.2, 0.25) is 0 Å². The second-order valence-electron chi connectivity index (χ2n) is 5.86. The van der Waals surface area contributed by atoms with E-state index in [0.717, 1.165) is 11.1 Å². The first-order chi connectivity index (χ1) is 12.5. The van der Waals surface area contributed by atoms with Crippen molar-refractivity contribution >= 4 is 21.9 Å². The molecule has 1 aromatic heterocycles. The Morgan fingerprint density at radius 1 is 1.19 bits per heavy atom. The van der Waals surface area contributed by atoms with E-state index in [-0.39, 0.29) is 6.42 Å². The molecule has 26 heavy (non-hydrogen) atoms. The van der Waals surface area contributed by atoms with Gasteiger partial charge in [0, 0.05) is 12.0 Å². The van der Waals surface area contributed by atoms with E-state index < -0.39 is 16.4 Å². The van der Waals surface area contributed by atoms with Crippen LogP contribution in [0.25, 0.3) is 11.5 Å². The van der Waals surface area contributed by atoms with Crippen LogP contribution in [0.5, 0.6) is 0 Å². The standard InChI is InChI=1S/C20H18BrNO4/c1-25-19(23)20(24,17(21)14-8-4-2-5-9-14)12-16-13-22-18(26-16)15-10-6-3-7-11-15/h2-11,13,17,24H,12H2,1H3.